The first-order valence-corrected chi connectivity index (χ1v) is 27.7. The molecule has 0 saturated carbocycles. The summed E-state index contributed by atoms with van der Waals surface area (Å²) in [6.45, 7) is 11.9. The molecule has 0 aromatic carbocycles. The number of hydrogen-bond acceptors (Lipinski definition) is 7. The Labute approximate surface area is 195 Å². The SMILES string of the molecule is CCC1(CC)COP(=S)(S[Te]2(#SP3(=S)OCC(CC)(CC)CO3)CCCC2)OC1. The molecule has 0 atom stereocenters. The minimum atomic E-state index is -2.51. The molecule has 3 heterocycles. The van der Waals surface area contributed by atoms with Crippen LogP contribution in [0, 0.1) is 10.8 Å². The molecule has 4 nitrogen and oxygen atoms in total. The molecule has 3 aliphatic rings. The Kier molecular flexibility index (Phi) is 9.37. The summed E-state index contributed by atoms with van der Waals surface area (Å²) in [5.41, 5.74) is -4.32. The van der Waals surface area contributed by atoms with E-state index in [1.165, 1.54) is 21.8 Å². The third kappa shape index (κ3) is 6.14. The van der Waals surface area contributed by atoms with Gasteiger partial charge in [-0.25, -0.2) is 0 Å². The summed E-state index contributed by atoms with van der Waals surface area (Å²) in [6.07, 6.45) is 6.84. The van der Waals surface area contributed by atoms with Gasteiger partial charge >= 0.3 is 197 Å². The summed E-state index contributed by atoms with van der Waals surface area (Å²) in [6, 6.07) is 0. The summed E-state index contributed by atoms with van der Waals surface area (Å²) in [5.74, 6) is 0. The summed E-state index contributed by atoms with van der Waals surface area (Å²) in [7, 11) is 3.88. The van der Waals surface area contributed by atoms with E-state index >= 15 is 0 Å². The second-order valence-corrected chi connectivity index (χ2v) is 43.8. The van der Waals surface area contributed by atoms with Crippen molar-refractivity contribution in [3.63, 3.8) is 0 Å². The van der Waals surface area contributed by atoms with Gasteiger partial charge in [-0.3, -0.25) is 0 Å². The Morgan fingerprint density at radius 3 is 1.48 bits per heavy atom. The van der Waals surface area contributed by atoms with Crippen LogP contribution in [0.2, 0.25) is 8.94 Å². The van der Waals surface area contributed by atoms with Crippen LogP contribution in [0.15, 0.2) is 0 Å². The Balaban J connectivity index is 1.80. The molecule has 3 aliphatic heterocycles. The molecule has 172 valence electrons. The Morgan fingerprint density at radius 2 is 1.10 bits per heavy atom. The van der Waals surface area contributed by atoms with Crippen LogP contribution in [0.3, 0.4) is 0 Å². The quantitative estimate of drug-likeness (QED) is 0.225. The molecule has 0 spiro atoms. The molecule has 0 aromatic rings. The Morgan fingerprint density at radius 1 is 0.724 bits per heavy atom. The van der Waals surface area contributed by atoms with Crippen molar-refractivity contribution in [2.75, 3.05) is 26.4 Å². The van der Waals surface area contributed by atoms with Crippen molar-refractivity contribution in [1.82, 2.24) is 0 Å². The van der Waals surface area contributed by atoms with E-state index in [2.05, 4.69) is 27.7 Å². The predicted octanol–water partition coefficient (Wildman–Crippen LogP) is 7.84. The number of hydrogen-bond donors (Lipinski definition) is 0. The molecule has 0 amide bonds. The van der Waals surface area contributed by atoms with E-state index in [1.807, 2.05) is 16.4 Å². The van der Waals surface area contributed by atoms with Crippen LogP contribution in [0.4, 0.5) is 0 Å². The van der Waals surface area contributed by atoms with Crippen LogP contribution in [0.1, 0.15) is 66.2 Å². The van der Waals surface area contributed by atoms with Crippen LogP contribution >= 0.6 is 27.8 Å². The molecule has 29 heavy (non-hydrogen) atoms. The molecule has 0 radical (unpaired) electrons. The molecule has 3 rings (SSSR count). The average Bonchev–Trinajstić information content (AvgIpc) is 3.17. The molecule has 0 aromatic heterocycles. The van der Waals surface area contributed by atoms with Gasteiger partial charge < -0.3 is 0 Å². The first-order chi connectivity index (χ1) is 13.7. The van der Waals surface area contributed by atoms with Crippen molar-refractivity contribution in [3.05, 3.63) is 0 Å². The third-order valence-corrected chi connectivity index (χ3v) is 62.4. The summed E-state index contributed by atoms with van der Waals surface area (Å²) < 4.78 is 27.9. The first kappa shape index (κ1) is 26.1. The summed E-state index contributed by atoms with van der Waals surface area (Å²) in [5, 5.41) is 0. The van der Waals surface area contributed by atoms with Crippen molar-refractivity contribution in [2.24, 2.45) is 10.8 Å². The molecule has 3 fully saturated rings. The number of rotatable bonds is 5. The predicted molar refractivity (Wildman–Crippen MR) is 138 cm³/mol. The van der Waals surface area contributed by atoms with Crippen LogP contribution in [0.5, 0.6) is 0 Å². The van der Waals surface area contributed by atoms with Gasteiger partial charge in [-0.15, -0.1) is 0 Å². The van der Waals surface area contributed by atoms with Crippen LogP contribution in [-0.4, -0.2) is 41.0 Å². The molecule has 0 N–H and O–H groups in total. The van der Waals surface area contributed by atoms with Gasteiger partial charge in [0.1, 0.15) is 0 Å². The maximum absolute atomic E-state index is 6.34. The molecule has 3 saturated heterocycles. The van der Waals surface area contributed by atoms with E-state index < -0.39 is 26.0 Å². The van der Waals surface area contributed by atoms with Crippen molar-refractivity contribution in [2.45, 2.75) is 75.2 Å². The fourth-order valence-electron chi connectivity index (χ4n) is 3.67. The maximum atomic E-state index is 6.34. The van der Waals surface area contributed by atoms with Gasteiger partial charge in [0.15, 0.2) is 0 Å². The van der Waals surface area contributed by atoms with Gasteiger partial charge in [-0.05, 0) is 0 Å². The second-order valence-electron chi connectivity index (χ2n) is 8.41. The molecule has 0 aliphatic carbocycles. The molecule has 0 unspecified atom stereocenters. The summed E-state index contributed by atoms with van der Waals surface area (Å²) in [4.78, 5) is 0. The molecular formula is C18H36O4P2S4Te. The third-order valence-electron chi connectivity index (χ3n) is 6.73. The topological polar surface area (TPSA) is 36.9 Å². The monoisotopic (exact) mass is 636 g/mol. The average molecular weight is 634 g/mol. The van der Waals surface area contributed by atoms with Gasteiger partial charge in [0.25, 0.3) is 0 Å². The Hall–Kier alpha value is 2.50. The zero-order valence-corrected chi connectivity index (χ0v) is 25.4. The van der Waals surface area contributed by atoms with Gasteiger partial charge in [-0.2, -0.15) is 0 Å². The molecule has 11 heteroatoms. The second kappa shape index (κ2) is 10.4. The van der Waals surface area contributed by atoms with E-state index in [0.29, 0.717) is 0 Å². The van der Waals surface area contributed by atoms with Gasteiger partial charge in [0, 0.05) is 0 Å². The zero-order valence-electron chi connectivity index (χ0n) is 18.1. The molecular weight excluding hydrogens is 598 g/mol. The van der Waals surface area contributed by atoms with E-state index in [1.54, 1.807) is 0 Å². The standard InChI is InChI=1S/C18H36O4P2S4Te/c1-5-17(6-2)13-19-23(25,20-14-17)27-29(11-9-10-12-29)28-24(26)21-15-18(7-3,8-4)16-22-24/h5-16H2,1-4H3. The van der Waals surface area contributed by atoms with Crippen molar-refractivity contribution >= 4 is 66.1 Å². The van der Waals surface area contributed by atoms with Crippen LogP contribution < -0.4 is 0 Å². The Bertz CT molecular complexity index is 773. The minimum absolute atomic E-state index is 0.137. The zero-order chi connectivity index (χ0) is 21.2. The van der Waals surface area contributed by atoms with Crippen LogP contribution in [0.25, 0.3) is 0 Å². The van der Waals surface area contributed by atoms with E-state index in [-0.39, 0.29) is 10.8 Å². The first-order valence-electron chi connectivity index (χ1n) is 10.7. The molecule has 0 bridgehead atoms. The fourth-order valence-corrected chi connectivity index (χ4v) is 83.7. The van der Waals surface area contributed by atoms with E-state index in [0.717, 1.165) is 52.1 Å². The van der Waals surface area contributed by atoms with Crippen molar-refractivity contribution < 1.29 is 18.1 Å². The van der Waals surface area contributed by atoms with Crippen LogP contribution in [-0.2, 0) is 41.7 Å². The van der Waals surface area contributed by atoms with E-state index in [9.17, 15) is 0 Å². The van der Waals surface area contributed by atoms with Crippen molar-refractivity contribution in [1.29, 1.82) is 0 Å². The van der Waals surface area contributed by atoms with Gasteiger partial charge in [-0.1, -0.05) is 0 Å². The fraction of sp³-hybridized carbons (Fsp3) is 1.00. The van der Waals surface area contributed by atoms with E-state index in [4.69, 9.17) is 41.7 Å². The summed E-state index contributed by atoms with van der Waals surface area (Å²) >= 11 is 9.49. The van der Waals surface area contributed by atoms with Gasteiger partial charge in [0.05, 0.1) is 0 Å². The van der Waals surface area contributed by atoms with Crippen molar-refractivity contribution in [3.8, 4) is 0 Å². The van der Waals surface area contributed by atoms with Gasteiger partial charge in [0.2, 0.25) is 0 Å². The normalized spacial score (nSPS) is 29.4.